The summed E-state index contributed by atoms with van der Waals surface area (Å²) in [7, 11) is -1.06. The number of hydrogen-bond donors (Lipinski definition) is 3. The molecule has 2 aromatic carbocycles. The van der Waals surface area contributed by atoms with Crippen molar-refractivity contribution >= 4 is 29.5 Å². The average molecular weight is 398 g/mol. The number of nitrogens with one attached hydrogen (secondary N) is 1. The van der Waals surface area contributed by atoms with Gasteiger partial charge in [-0.1, -0.05) is 12.1 Å². The number of anilines is 1. The molecular weight excluding hydrogens is 378 g/mol. The van der Waals surface area contributed by atoms with Crippen LogP contribution >= 0.6 is 7.60 Å². The number of methoxy groups -OCH3 is 2. The molecule has 3 aromatic rings. The van der Waals surface area contributed by atoms with Crippen molar-refractivity contribution in [1.82, 2.24) is 4.98 Å². The third kappa shape index (κ3) is 5.02. The molecule has 1 heterocycles. The van der Waals surface area contributed by atoms with Gasteiger partial charge in [0.25, 0.3) is 0 Å². The number of ether oxygens (including phenoxy) is 2. The maximum Gasteiger partial charge on any atom is 1.00 e. The van der Waals surface area contributed by atoms with Gasteiger partial charge in [-0.3, -0.25) is 9.55 Å². The molecule has 0 aliphatic carbocycles. The molecule has 138 valence electrons. The van der Waals surface area contributed by atoms with Gasteiger partial charge in [-0.2, -0.15) is 0 Å². The van der Waals surface area contributed by atoms with E-state index >= 15 is 0 Å². The van der Waals surface area contributed by atoms with E-state index in [9.17, 15) is 4.57 Å². The van der Waals surface area contributed by atoms with Gasteiger partial charge in [0.2, 0.25) is 0 Å². The van der Waals surface area contributed by atoms with Gasteiger partial charge in [-0.05, 0) is 29.8 Å². The van der Waals surface area contributed by atoms with Gasteiger partial charge >= 0.3 is 37.2 Å². The van der Waals surface area contributed by atoms with Crippen molar-refractivity contribution in [2.24, 2.45) is 0 Å². The van der Waals surface area contributed by atoms with Gasteiger partial charge in [-0.25, -0.2) is 0 Å². The zero-order valence-electron chi connectivity index (χ0n) is 16.3. The zero-order chi connectivity index (χ0) is 18.7. The van der Waals surface area contributed by atoms with Crippen molar-refractivity contribution < 1.29 is 54.8 Å². The molecule has 0 amide bonds. The Labute approximate surface area is 180 Å². The standard InChI is InChI=1S/C18H19N2O5P.Na.H/c1-24-17-9-14-15(7-8-19-16(14)10-18(17)25-2)20-11-12-3-5-13(6-4-12)26(21,22)23;;/h3-10H,11H2,1-2H3,(H,19,20)(H2,21,22,23);;/q;+1;-1. The minimum absolute atomic E-state index is 0. The number of rotatable bonds is 6. The third-order valence-corrected chi connectivity index (χ3v) is 4.97. The van der Waals surface area contributed by atoms with Crippen molar-refractivity contribution in [3.8, 4) is 11.5 Å². The minimum atomic E-state index is -4.22. The predicted octanol–water partition coefficient (Wildman–Crippen LogP) is -0.216. The second-order valence-corrected chi connectivity index (χ2v) is 7.25. The fourth-order valence-corrected chi connectivity index (χ4v) is 3.17. The maximum absolute atomic E-state index is 11.2. The summed E-state index contributed by atoms with van der Waals surface area (Å²) in [5.74, 6) is 1.22. The van der Waals surface area contributed by atoms with Crippen LogP contribution < -0.4 is 49.7 Å². The number of benzene rings is 2. The number of aromatic nitrogens is 1. The molecule has 0 bridgehead atoms. The van der Waals surface area contributed by atoms with Crippen LogP contribution in [0.15, 0.2) is 48.7 Å². The van der Waals surface area contributed by atoms with Crippen molar-refractivity contribution in [3.63, 3.8) is 0 Å². The first-order valence-corrected chi connectivity index (χ1v) is 9.43. The van der Waals surface area contributed by atoms with Gasteiger partial charge in [0.05, 0.1) is 25.0 Å². The summed E-state index contributed by atoms with van der Waals surface area (Å²) in [5.41, 5.74) is 2.53. The second kappa shape index (κ2) is 9.06. The number of fused-ring (bicyclic) bond motifs is 1. The van der Waals surface area contributed by atoms with Crippen LogP contribution in [0.4, 0.5) is 5.69 Å². The monoisotopic (exact) mass is 398 g/mol. The Hall–Kier alpha value is -1.60. The predicted molar refractivity (Wildman–Crippen MR) is 101 cm³/mol. The quantitative estimate of drug-likeness (QED) is 0.390. The molecule has 9 heteroatoms. The fraction of sp³-hybridized carbons (Fsp3) is 0.167. The van der Waals surface area contributed by atoms with E-state index in [2.05, 4.69) is 10.3 Å². The van der Waals surface area contributed by atoms with Gasteiger partial charge < -0.3 is 26.0 Å². The molecule has 1 aromatic heterocycles. The summed E-state index contributed by atoms with van der Waals surface area (Å²) in [6.07, 6.45) is 1.70. The summed E-state index contributed by atoms with van der Waals surface area (Å²) in [6, 6.07) is 11.8. The molecule has 7 nitrogen and oxygen atoms in total. The topological polar surface area (TPSA) is 101 Å². The SMILES string of the molecule is COc1cc2nccc(NCc3ccc(P(=O)(O)O)cc3)c2cc1OC.[H-].[Na+]. The average Bonchev–Trinajstić information content (AvgIpc) is 2.64. The molecule has 27 heavy (non-hydrogen) atoms. The van der Waals surface area contributed by atoms with Crippen LogP contribution in [0.3, 0.4) is 0 Å². The van der Waals surface area contributed by atoms with E-state index in [1.54, 1.807) is 32.5 Å². The molecule has 0 unspecified atom stereocenters. The Bertz CT molecular complexity index is 982. The van der Waals surface area contributed by atoms with Crippen LogP contribution in [-0.4, -0.2) is 29.0 Å². The van der Waals surface area contributed by atoms with Crippen LogP contribution in [0.25, 0.3) is 10.9 Å². The van der Waals surface area contributed by atoms with E-state index in [1.807, 2.05) is 18.2 Å². The summed E-state index contributed by atoms with van der Waals surface area (Å²) in [6.45, 7) is 0.495. The summed E-state index contributed by atoms with van der Waals surface area (Å²) < 4.78 is 21.9. The molecule has 0 spiro atoms. The van der Waals surface area contributed by atoms with E-state index in [1.165, 1.54) is 12.1 Å². The Kier molecular flexibility index (Phi) is 7.28. The van der Waals surface area contributed by atoms with E-state index in [4.69, 9.17) is 19.3 Å². The van der Waals surface area contributed by atoms with Crippen molar-refractivity contribution in [2.75, 3.05) is 19.5 Å². The molecule has 0 radical (unpaired) electrons. The molecule has 0 aliphatic rings. The van der Waals surface area contributed by atoms with E-state index < -0.39 is 7.60 Å². The molecule has 3 rings (SSSR count). The summed E-state index contributed by atoms with van der Waals surface area (Å²) >= 11 is 0. The molecule has 0 saturated heterocycles. The van der Waals surface area contributed by atoms with Gasteiger partial charge in [-0.15, -0.1) is 0 Å². The Morgan fingerprint density at radius 2 is 1.70 bits per heavy atom. The molecule has 3 N–H and O–H groups in total. The number of hydrogen-bond acceptors (Lipinski definition) is 5. The number of nitrogens with zero attached hydrogens (tertiary/aromatic N) is 1. The van der Waals surface area contributed by atoms with Crippen LogP contribution in [0.5, 0.6) is 11.5 Å². The molecule has 0 fully saturated rings. The first-order chi connectivity index (χ1) is 12.4. The Morgan fingerprint density at radius 1 is 1.07 bits per heavy atom. The smallest absolute Gasteiger partial charge is 1.00 e. The summed E-state index contributed by atoms with van der Waals surface area (Å²) in [4.78, 5) is 22.7. The van der Waals surface area contributed by atoms with E-state index in [0.29, 0.717) is 18.0 Å². The molecule has 0 aliphatic heterocycles. The minimum Gasteiger partial charge on any atom is -1.00 e. The van der Waals surface area contributed by atoms with Crippen molar-refractivity contribution in [1.29, 1.82) is 0 Å². The summed E-state index contributed by atoms with van der Waals surface area (Å²) in [5, 5.41) is 4.21. The van der Waals surface area contributed by atoms with E-state index in [0.717, 1.165) is 22.2 Å². The van der Waals surface area contributed by atoms with Crippen LogP contribution in [0.2, 0.25) is 0 Å². The van der Waals surface area contributed by atoms with E-state index in [-0.39, 0.29) is 36.3 Å². The van der Waals surface area contributed by atoms with Crippen molar-refractivity contribution in [2.45, 2.75) is 6.54 Å². The molecule has 0 atom stereocenters. The van der Waals surface area contributed by atoms with Crippen LogP contribution in [0.1, 0.15) is 6.99 Å². The van der Waals surface area contributed by atoms with Crippen LogP contribution in [0, 0.1) is 0 Å². The third-order valence-electron chi connectivity index (χ3n) is 4.00. The van der Waals surface area contributed by atoms with Gasteiger partial charge in [0.1, 0.15) is 0 Å². The fourth-order valence-electron chi connectivity index (χ4n) is 2.63. The van der Waals surface area contributed by atoms with Crippen molar-refractivity contribution in [3.05, 3.63) is 54.2 Å². The second-order valence-electron chi connectivity index (χ2n) is 5.65. The zero-order valence-corrected chi connectivity index (χ0v) is 18.2. The number of pyridine rings is 1. The first kappa shape index (κ1) is 21.7. The largest absolute Gasteiger partial charge is 1.00 e. The molecular formula is C18H20N2NaO5P. The van der Waals surface area contributed by atoms with Crippen LogP contribution in [-0.2, 0) is 11.1 Å². The van der Waals surface area contributed by atoms with Gasteiger partial charge in [0.15, 0.2) is 11.5 Å². The first-order valence-electron chi connectivity index (χ1n) is 7.82. The Morgan fingerprint density at radius 3 is 2.30 bits per heavy atom. The Balaban J connectivity index is 0.00000196. The maximum atomic E-state index is 11.2. The normalized spacial score (nSPS) is 11.0. The van der Waals surface area contributed by atoms with Gasteiger partial charge in [0, 0.05) is 29.9 Å². The molecule has 0 saturated carbocycles.